The minimum Gasteiger partial charge on any atom is -0.455 e. The van der Waals surface area contributed by atoms with Crippen molar-refractivity contribution >= 4 is 60.8 Å². The van der Waals surface area contributed by atoms with Crippen LogP contribution in [-0.4, -0.2) is 4.57 Å². The van der Waals surface area contributed by atoms with Gasteiger partial charge in [-0.05, 0) is 111 Å². The number of hydrogen-bond donors (Lipinski definition) is 0. The van der Waals surface area contributed by atoms with Crippen molar-refractivity contribution in [3.8, 4) is 61.3 Å². The molecule has 0 fully saturated rings. The molecule has 0 unspecified atom stereocenters. The summed E-state index contributed by atoms with van der Waals surface area (Å²) in [5.41, 5.74) is 20.1. The first-order valence-corrected chi connectivity index (χ1v) is 23.6. The molecule has 13 rings (SSSR count). The van der Waals surface area contributed by atoms with Crippen molar-refractivity contribution < 1.29 is 4.42 Å². The summed E-state index contributed by atoms with van der Waals surface area (Å²) < 4.78 is 8.89. The Morgan fingerprint density at radius 3 is 1.48 bits per heavy atom. The highest BCUT2D eigenvalue weighted by Crippen LogP contribution is 2.43. The molecule has 0 N–H and O–H groups in total. The highest BCUT2D eigenvalue weighted by Gasteiger charge is 2.19. The third-order valence-corrected chi connectivity index (χ3v) is 13.6. The molecule has 11 aromatic carbocycles. The maximum absolute atomic E-state index is 6.47. The monoisotopic (exact) mass is 880 g/mol. The Morgan fingerprint density at radius 2 is 0.754 bits per heavy atom. The van der Waals surface area contributed by atoms with E-state index in [0.29, 0.717) is 0 Å². The minimum atomic E-state index is 0.899. The summed E-state index contributed by atoms with van der Waals surface area (Å²) in [4.78, 5) is 2.36. The lowest BCUT2D eigenvalue weighted by molar-refractivity contribution is 0.670. The molecule has 0 amide bonds. The van der Waals surface area contributed by atoms with Crippen molar-refractivity contribution in [3.05, 3.63) is 267 Å². The lowest BCUT2D eigenvalue weighted by Crippen LogP contribution is -2.10. The Balaban J connectivity index is 0.895. The molecule has 0 bridgehead atoms. The normalized spacial score (nSPS) is 11.5. The number of hydrogen-bond acceptors (Lipinski definition) is 2. The number of aromatic nitrogens is 1. The first-order chi connectivity index (χ1) is 34.2. The molecular weight excluding hydrogens is 837 g/mol. The van der Waals surface area contributed by atoms with Gasteiger partial charge in [0.25, 0.3) is 0 Å². The molecule has 0 radical (unpaired) electrons. The Labute approximate surface area is 401 Å². The molecule has 2 heterocycles. The van der Waals surface area contributed by atoms with E-state index in [2.05, 4.69) is 264 Å². The van der Waals surface area contributed by atoms with E-state index in [-0.39, 0.29) is 0 Å². The molecule has 3 nitrogen and oxygen atoms in total. The van der Waals surface area contributed by atoms with Crippen molar-refractivity contribution in [1.82, 2.24) is 4.57 Å². The van der Waals surface area contributed by atoms with Gasteiger partial charge in [-0.2, -0.15) is 0 Å². The number of benzene rings is 11. The number of nitrogens with zero attached hydrogens (tertiary/aromatic N) is 2. The maximum atomic E-state index is 6.47. The predicted octanol–water partition coefficient (Wildman–Crippen LogP) is 18.5. The first-order valence-electron chi connectivity index (χ1n) is 23.6. The third-order valence-electron chi connectivity index (χ3n) is 13.6. The molecule has 13 aromatic rings. The van der Waals surface area contributed by atoms with E-state index in [9.17, 15) is 0 Å². The number of para-hydroxylation sites is 5. The molecule has 324 valence electrons. The lowest BCUT2D eigenvalue weighted by atomic mass is 9.94. The average molecular weight is 881 g/mol. The lowest BCUT2D eigenvalue weighted by Gasteiger charge is -2.26. The summed E-state index contributed by atoms with van der Waals surface area (Å²) in [6.07, 6.45) is 0. The summed E-state index contributed by atoms with van der Waals surface area (Å²) >= 11 is 0. The van der Waals surface area contributed by atoms with Gasteiger partial charge < -0.3 is 13.9 Å². The van der Waals surface area contributed by atoms with Gasteiger partial charge >= 0.3 is 0 Å². The zero-order valence-corrected chi connectivity index (χ0v) is 37.7. The zero-order chi connectivity index (χ0) is 45.7. The van der Waals surface area contributed by atoms with Crippen LogP contribution in [0.25, 0.3) is 105 Å². The highest BCUT2D eigenvalue weighted by molar-refractivity contribution is 6.11. The molecule has 0 atom stereocenters. The fourth-order valence-electron chi connectivity index (χ4n) is 10.4. The molecule has 0 saturated heterocycles. The van der Waals surface area contributed by atoms with E-state index < -0.39 is 0 Å². The summed E-state index contributed by atoms with van der Waals surface area (Å²) in [5, 5.41) is 4.76. The Morgan fingerprint density at radius 1 is 0.275 bits per heavy atom. The van der Waals surface area contributed by atoms with Gasteiger partial charge in [-0.25, -0.2) is 0 Å². The van der Waals surface area contributed by atoms with Crippen LogP contribution in [-0.2, 0) is 0 Å². The van der Waals surface area contributed by atoms with Crippen LogP contribution in [0.2, 0.25) is 0 Å². The van der Waals surface area contributed by atoms with Crippen LogP contribution < -0.4 is 4.90 Å². The summed E-state index contributed by atoms with van der Waals surface area (Å²) in [7, 11) is 0. The van der Waals surface area contributed by atoms with Gasteiger partial charge in [0.15, 0.2) is 0 Å². The van der Waals surface area contributed by atoms with E-state index >= 15 is 0 Å². The smallest absolute Gasteiger partial charge is 0.143 e. The van der Waals surface area contributed by atoms with E-state index in [0.717, 1.165) is 72.5 Å². The molecule has 3 heteroatoms. The number of fused-ring (bicyclic) bond motifs is 6. The van der Waals surface area contributed by atoms with Crippen LogP contribution in [0.3, 0.4) is 0 Å². The molecule has 0 saturated carbocycles. The number of rotatable bonds is 9. The quantitative estimate of drug-likeness (QED) is 0.144. The van der Waals surface area contributed by atoms with E-state index in [1.54, 1.807) is 0 Å². The van der Waals surface area contributed by atoms with Gasteiger partial charge in [-0.1, -0.05) is 200 Å². The van der Waals surface area contributed by atoms with Gasteiger partial charge in [0, 0.05) is 49.7 Å². The van der Waals surface area contributed by atoms with E-state index in [1.165, 1.54) is 49.6 Å². The van der Waals surface area contributed by atoms with Crippen LogP contribution in [0.1, 0.15) is 0 Å². The Kier molecular flexibility index (Phi) is 9.84. The van der Waals surface area contributed by atoms with Crippen molar-refractivity contribution in [2.75, 3.05) is 4.90 Å². The van der Waals surface area contributed by atoms with Gasteiger partial charge in [0.2, 0.25) is 0 Å². The van der Waals surface area contributed by atoms with Crippen LogP contribution >= 0.6 is 0 Å². The third kappa shape index (κ3) is 7.08. The van der Waals surface area contributed by atoms with Crippen molar-refractivity contribution in [2.24, 2.45) is 0 Å². The SMILES string of the molecule is c1ccc(-c2ccccc2-c2cccc(N(c3ccc(-c4cccc(-c5ccccc5-n5c6ccccc6c6ccccc65)c4)cc3)c3ccc(-c4cccc5c4oc4ccccc45)cc3)c2)cc1. The van der Waals surface area contributed by atoms with Crippen LogP contribution in [0.15, 0.2) is 271 Å². The maximum Gasteiger partial charge on any atom is 0.143 e. The number of furan rings is 1. The van der Waals surface area contributed by atoms with E-state index in [1.807, 2.05) is 12.1 Å². The van der Waals surface area contributed by atoms with Crippen LogP contribution in [0.4, 0.5) is 17.1 Å². The summed E-state index contributed by atoms with van der Waals surface area (Å²) in [6.45, 7) is 0. The second-order valence-corrected chi connectivity index (χ2v) is 17.6. The van der Waals surface area contributed by atoms with Crippen molar-refractivity contribution in [1.29, 1.82) is 0 Å². The van der Waals surface area contributed by atoms with Crippen LogP contribution in [0.5, 0.6) is 0 Å². The van der Waals surface area contributed by atoms with Crippen molar-refractivity contribution in [3.63, 3.8) is 0 Å². The van der Waals surface area contributed by atoms with Gasteiger partial charge in [-0.15, -0.1) is 0 Å². The van der Waals surface area contributed by atoms with Gasteiger partial charge in [0.05, 0.1) is 16.7 Å². The molecule has 0 aliphatic carbocycles. The molecule has 0 aliphatic heterocycles. The summed E-state index contributed by atoms with van der Waals surface area (Å²) in [5.74, 6) is 0. The Hall–Kier alpha value is -9.18. The fraction of sp³-hybridized carbons (Fsp3) is 0. The predicted molar refractivity (Wildman–Crippen MR) is 290 cm³/mol. The first kappa shape index (κ1) is 40.1. The molecule has 69 heavy (non-hydrogen) atoms. The number of anilines is 3. The van der Waals surface area contributed by atoms with E-state index in [4.69, 9.17) is 4.42 Å². The second-order valence-electron chi connectivity index (χ2n) is 17.6. The topological polar surface area (TPSA) is 21.3 Å². The Bertz CT molecular complexity index is 3960. The fourth-order valence-corrected chi connectivity index (χ4v) is 10.4. The standard InChI is InChI=1S/C66H44N2O/c1-2-17-46(18-3-1)54-23-4-5-24-55(54)50-21-15-22-53(44-50)67(52-41-37-47(38-42-52)57-29-16-30-61-60-28-9-13-34-65(60)69-66(57)61)51-39-35-45(36-40-51)48-19-14-20-49(43-48)56-25-6-10-31-62(56)68-63-32-11-7-26-58(63)59-27-8-12-33-64(59)68/h1-44H. The average Bonchev–Trinajstić information content (AvgIpc) is 3.98. The zero-order valence-electron chi connectivity index (χ0n) is 37.7. The molecule has 0 spiro atoms. The van der Waals surface area contributed by atoms with Crippen molar-refractivity contribution in [2.45, 2.75) is 0 Å². The van der Waals surface area contributed by atoms with Gasteiger partial charge in [0.1, 0.15) is 11.2 Å². The second kappa shape index (κ2) is 16.9. The van der Waals surface area contributed by atoms with Crippen LogP contribution in [0, 0.1) is 0 Å². The molecule has 2 aromatic heterocycles. The van der Waals surface area contributed by atoms with Gasteiger partial charge in [-0.3, -0.25) is 0 Å². The minimum absolute atomic E-state index is 0.899. The largest absolute Gasteiger partial charge is 0.455 e. The molecule has 0 aliphatic rings. The molecular formula is C66H44N2O. The highest BCUT2D eigenvalue weighted by atomic mass is 16.3. The summed E-state index contributed by atoms with van der Waals surface area (Å²) in [6, 6.07) is 96.0.